The van der Waals surface area contributed by atoms with Crippen LogP contribution in [0.5, 0.6) is 5.75 Å². The van der Waals surface area contributed by atoms with E-state index in [1.54, 1.807) is 6.07 Å². The Kier molecular flexibility index (Phi) is 4.71. The smallest absolute Gasteiger partial charge is 0.145 e. The summed E-state index contributed by atoms with van der Waals surface area (Å²) in [6, 6.07) is 8.20. The largest absolute Gasteiger partial charge is 0.488 e. The predicted molar refractivity (Wildman–Crippen MR) is 82.0 cm³/mol. The lowest BCUT2D eigenvalue weighted by atomic mass is 10.2. The molecule has 0 heterocycles. The van der Waals surface area contributed by atoms with Gasteiger partial charge in [0.1, 0.15) is 18.2 Å². The fourth-order valence-electron chi connectivity index (χ4n) is 1.47. The zero-order chi connectivity index (χ0) is 14.0. The molecule has 19 heavy (non-hydrogen) atoms. The minimum Gasteiger partial charge on any atom is -0.488 e. The zero-order valence-corrected chi connectivity index (χ0v) is 13.5. The Balaban J connectivity index is 2.16. The van der Waals surface area contributed by atoms with Crippen LogP contribution < -0.4 is 10.5 Å². The van der Waals surface area contributed by atoms with Gasteiger partial charge in [0.2, 0.25) is 0 Å². The molecule has 100 valence electrons. The van der Waals surface area contributed by atoms with Gasteiger partial charge in [-0.05, 0) is 34.1 Å². The second-order valence-electron chi connectivity index (χ2n) is 3.83. The number of benzene rings is 2. The summed E-state index contributed by atoms with van der Waals surface area (Å²) in [6.45, 7) is 0.249. The zero-order valence-electron chi connectivity index (χ0n) is 9.59. The number of nitrogen functional groups attached to an aromatic ring is 1. The predicted octanol–water partition coefficient (Wildman–Crippen LogP) is 5.17. The van der Waals surface area contributed by atoms with Gasteiger partial charge in [0.05, 0.1) is 9.50 Å². The van der Waals surface area contributed by atoms with Gasteiger partial charge in [0, 0.05) is 21.8 Å². The highest BCUT2D eigenvalue weighted by Gasteiger charge is 2.09. The number of nitrogens with two attached hydrogens (primary N) is 1. The van der Waals surface area contributed by atoms with E-state index in [1.807, 2.05) is 12.1 Å². The maximum absolute atomic E-state index is 13.4. The Morgan fingerprint density at radius 3 is 2.63 bits per heavy atom. The number of hydrogen-bond acceptors (Lipinski definition) is 2. The second-order valence-corrected chi connectivity index (χ2v) is 6.01. The molecule has 0 bridgehead atoms. The van der Waals surface area contributed by atoms with Gasteiger partial charge in [-0.1, -0.05) is 33.6 Å². The molecule has 0 saturated heterocycles. The van der Waals surface area contributed by atoms with Gasteiger partial charge in [-0.3, -0.25) is 0 Å². The summed E-state index contributed by atoms with van der Waals surface area (Å²) in [7, 11) is 0. The summed E-state index contributed by atoms with van der Waals surface area (Å²) in [5.41, 5.74) is 7.30. The average molecular weight is 409 g/mol. The highest BCUT2D eigenvalue weighted by Crippen LogP contribution is 2.31. The lowest BCUT2D eigenvalue weighted by Gasteiger charge is -2.11. The first-order valence-corrected chi connectivity index (χ1v) is 7.25. The monoisotopic (exact) mass is 407 g/mol. The molecule has 0 unspecified atom stereocenters. The van der Waals surface area contributed by atoms with E-state index in [1.165, 1.54) is 12.1 Å². The normalized spacial score (nSPS) is 10.5. The Bertz CT molecular complexity index is 622. The standard InChI is InChI=1S/C13H9Br2ClFNO/c14-8-2-1-7(12(18)3-8)6-19-13-5-11(17)10(16)4-9(13)15/h1-5H,6,18H2. The third kappa shape index (κ3) is 3.61. The van der Waals surface area contributed by atoms with E-state index < -0.39 is 5.82 Å². The van der Waals surface area contributed by atoms with Crippen molar-refractivity contribution in [1.29, 1.82) is 0 Å². The van der Waals surface area contributed by atoms with Crippen LogP contribution in [0.1, 0.15) is 5.56 Å². The summed E-state index contributed by atoms with van der Waals surface area (Å²) < 4.78 is 20.4. The number of ether oxygens (including phenoxy) is 1. The van der Waals surface area contributed by atoms with Crippen LogP contribution in [0.15, 0.2) is 39.3 Å². The van der Waals surface area contributed by atoms with Gasteiger partial charge in [0.15, 0.2) is 0 Å². The molecule has 0 atom stereocenters. The summed E-state index contributed by atoms with van der Waals surface area (Å²) in [5.74, 6) is -0.145. The van der Waals surface area contributed by atoms with Crippen LogP contribution in [-0.4, -0.2) is 0 Å². The maximum atomic E-state index is 13.4. The Labute approximate surface area is 132 Å². The van der Waals surface area contributed by atoms with Crippen LogP contribution in [0.3, 0.4) is 0 Å². The van der Waals surface area contributed by atoms with E-state index in [0.29, 0.717) is 15.9 Å². The fourth-order valence-corrected chi connectivity index (χ4v) is 2.60. The van der Waals surface area contributed by atoms with Gasteiger partial charge >= 0.3 is 0 Å². The Morgan fingerprint density at radius 1 is 1.21 bits per heavy atom. The topological polar surface area (TPSA) is 35.2 Å². The molecule has 2 nitrogen and oxygen atoms in total. The van der Waals surface area contributed by atoms with Gasteiger partial charge in [-0.2, -0.15) is 0 Å². The molecule has 0 saturated carbocycles. The number of anilines is 1. The van der Waals surface area contributed by atoms with E-state index >= 15 is 0 Å². The molecule has 0 aromatic heterocycles. The van der Waals surface area contributed by atoms with Crippen molar-refractivity contribution in [2.45, 2.75) is 6.61 Å². The molecule has 0 aliphatic rings. The maximum Gasteiger partial charge on any atom is 0.145 e. The number of hydrogen-bond donors (Lipinski definition) is 1. The van der Waals surface area contributed by atoms with Crippen molar-refractivity contribution < 1.29 is 9.13 Å². The van der Waals surface area contributed by atoms with Gasteiger partial charge < -0.3 is 10.5 Å². The molecule has 0 spiro atoms. The molecule has 0 radical (unpaired) electrons. The molecular formula is C13H9Br2ClFNO. The van der Waals surface area contributed by atoms with Crippen molar-refractivity contribution in [2.75, 3.05) is 5.73 Å². The molecule has 0 aliphatic carbocycles. The molecular weight excluding hydrogens is 400 g/mol. The fraction of sp³-hybridized carbons (Fsp3) is 0.0769. The van der Waals surface area contributed by atoms with Crippen LogP contribution in [0.25, 0.3) is 0 Å². The van der Waals surface area contributed by atoms with E-state index in [-0.39, 0.29) is 11.6 Å². The van der Waals surface area contributed by atoms with E-state index in [0.717, 1.165) is 10.0 Å². The van der Waals surface area contributed by atoms with Crippen LogP contribution in [0.2, 0.25) is 5.02 Å². The van der Waals surface area contributed by atoms with Gasteiger partial charge in [0.25, 0.3) is 0 Å². The van der Waals surface area contributed by atoms with Crippen molar-refractivity contribution in [3.63, 3.8) is 0 Å². The molecule has 0 fully saturated rings. The highest BCUT2D eigenvalue weighted by molar-refractivity contribution is 9.10. The first-order valence-electron chi connectivity index (χ1n) is 5.28. The van der Waals surface area contributed by atoms with Crippen molar-refractivity contribution in [1.82, 2.24) is 0 Å². The second kappa shape index (κ2) is 6.11. The Morgan fingerprint density at radius 2 is 1.95 bits per heavy atom. The van der Waals surface area contributed by atoms with Crippen molar-refractivity contribution in [3.8, 4) is 5.75 Å². The molecule has 2 rings (SSSR count). The lowest BCUT2D eigenvalue weighted by Crippen LogP contribution is -2.01. The number of halogens is 4. The third-order valence-electron chi connectivity index (χ3n) is 2.47. The first kappa shape index (κ1) is 14.6. The summed E-state index contributed by atoms with van der Waals surface area (Å²) in [5, 5.41) is 0.0439. The van der Waals surface area contributed by atoms with Crippen molar-refractivity contribution >= 4 is 49.1 Å². The molecule has 0 aliphatic heterocycles. The van der Waals surface area contributed by atoms with Crippen molar-refractivity contribution in [2.24, 2.45) is 0 Å². The molecule has 2 N–H and O–H groups in total. The van der Waals surface area contributed by atoms with E-state index in [2.05, 4.69) is 31.9 Å². The van der Waals surface area contributed by atoms with Crippen LogP contribution >= 0.6 is 43.5 Å². The van der Waals surface area contributed by atoms with E-state index in [4.69, 9.17) is 22.1 Å². The quantitative estimate of drug-likeness (QED) is 0.561. The minimum atomic E-state index is -0.524. The molecule has 2 aromatic rings. The summed E-state index contributed by atoms with van der Waals surface area (Å²) in [4.78, 5) is 0. The highest BCUT2D eigenvalue weighted by atomic mass is 79.9. The van der Waals surface area contributed by atoms with Crippen LogP contribution in [0.4, 0.5) is 10.1 Å². The SMILES string of the molecule is Nc1cc(Br)ccc1COc1cc(F)c(Cl)cc1Br. The summed E-state index contributed by atoms with van der Waals surface area (Å²) >= 11 is 12.3. The summed E-state index contributed by atoms with van der Waals surface area (Å²) in [6.07, 6.45) is 0. The van der Waals surface area contributed by atoms with Gasteiger partial charge in [-0.25, -0.2) is 4.39 Å². The minimum absolute atomic E-state index is 0.0439. The van der Waals surface area contributed by atoms with Crippen molar-refractivity contribution in [3.05, 3.63) is 55.7 Å². The lowest BCUT2D eigenvalue weighted by molar-refractivity contribution is 0.303. The van der Waals surface area contributed by atoms with Gasteiger partial charge in [-0.15, -0.1) is 0 Å². The Hall–Kier alpha value is -0.780. The van der Waals surface area contributed by atoms with Crippen LogP contribution in [-0.2, 0) is 6.61 Å². The molecule has 6 heteroatoms. The van der Waals surface area contributed by atoms with Crippen LogP contribution in [0, 0.1) is 5.82 Å². The first-order chi connectivity index (χ1) is 8.97. The molecule has 0 amide bonds. The van der Waals surface area contributed by atoms with E-state index in [9.17, 15) is 4.39 Å². The average Bonchev–Trinajstić information content (AvgIpc) is 2.34. The molecule has 2 aromatic carbocycles. The number of rotatable bonds is 3. The third-order valence-corrected chi connectivity index (χ3v) is 3.87.